The van der Waals surface area contributed by atoms with Crippen LogP contribution in [-0.4, -0.2) is 53.2 Å². The highest BCUT2D eigenvalue weighted by molar-refractivity contribution is 14.1. The molecular formula is C22H23ClF2IN5O2. The molecule has 3 aromatic rings. The summed E-state index contributed by atoms with van der Waals surface area (Å²) in [5.41, 5.74) is 1.61. The standard InChI is InChI=1S/C22H23ClF2IN5O2/c1-14-11-30(13-22(14,26)17-5-3-15(25)9-18(17)23)21-29-28-19(12-33-8-7-24)31(21)16-4-6-20(32-2)27-10-16/h3-6,9-10,14H,7-8,11-13H2,1-2H3/t14-,22-/m1/s1. The Bertz CT molecular complexity index is 1120. The van der Waals surface area contributed by atoms with Gasteiger partial charge in [-0.05, 0) is 29.7 Å². The molecular weight excluding hydrogens is 567 g/mol. The summed E-state index contributed by atoms with van der Waals surface area (Å²) in [6.45, 7) is 2.91. The highest BCUT2D eigenvalue weighted by Crippen LogP contribution is 2.48. The highest BCUT2D eigenvalue weighted by atomic mass is 127. The Balaban J connectivity index is 1.71. The van der Waals surface area contributed by atoms with Gasteiger partial charge < -0.3 is 14.4 Å². The summed E-state index contributed by atoms with van der Waals surface area (Å²) in [5.74, 6) is 1.45. The van der Waals surface area contributed by atoms with Gasteiger partial charge in [0, 0.05) is 24.2 Å². The highest BCUT2D eigenvalue weighted by Gasteiger charge is 2.46. The molecule has 176 valence electrons. The molecule has 0 amide bonds. The molecule has 0 radical (unpaired) electrons. The maximum absolute atomic E-state index is 13.7. The summed E-state index contributed by atoms with van der Waals surface area (Å²) in [7, 11) is 1.55. The van der Waals surface area contributed by atoms with Gasteiger partial charge in [0.2, 0.25) is 11.8 Å². The van der Waals surface area contributed by atoms with Crippen molar-refractivity contribution in [1.82, 2.24) is 19.7 Å². The van der Waals surface area contributed by atoms with Gasteiger partial charge in [0.15, 0.2) is 5.82 Å². The summed E-state index contributed by atoms with van der Waals surface area (Å²) in [6, 6.07) is 8.13. The largest absolute Gasteiger partial charge is 0.481 e. The number of halogens is 4. The number of ether oxygens (including phenoxy) is 2. The quantitative estimate of drug-likeness (QED) is 0.215. The summed E-state index contributed by atoms with van der Waals surface area (Å²) in [5, 5.41) is 9.15. The minimum Gasteiger partial charge on any atom is -0.481 e. The number of anilines is 1. The van der Waals surface area contributed by atoms with E-state index in [-0.39, 0.29) is 28.4 Å². The van der Waals surface area contributed by atoms with E-state index in [1.165, 1.54) is 12.1 Å². The molecule has 0 saturated carbocycles. The smallest absolute Gasteiger partial charge is 0.232 e. The van der Waals surface area contributed by atoms with Crippen molar-refractivity contribution in [1.29, 1.82) is 0 Å². The maximum Gasteiger partial charge on any atom is 0.232 e. The van der Waals surface area contributed by atoms with Crippen molar-refractivity contribution in [2.75, 3.05) is 38.4 Å². The van der Waals surface area contributed by atoms with E-state index in [2.05, 4.69) is 49.6 Å². The summed E-state index contributed by atoms with van der Waals surface area (Å²) >= 11 is 8.83. The Morgan fingerprint density at radius 2 is 2.09 bits per heavy atom. The van der Waals surface area contributed by atoms with E-state index in [1.54, 1.807) is 25.4 Å². The van der Waals surface area contributed by atoms with Crippen molar-refractivity contribution < 1.29 is 18.3 Å². The fraction of sp³-hybridized carbons (Fsp3) is 0.409. The number of aromatic nitrogens is 4. The van der Waals surface area contributed by atoms with Crippen molar-refractivity contribution in [3.05, 3.63) is 58.8 Å². The molecule has 4 rings (SSSR count). The van der Waals surface area contributed by atoms with Crippen molar-refractivity contribution in [2.24, 2.45) is 5.92 Å². The molecule has 1 aliphatic rings. The third kappa shape index (κ3) is 4.78. The Kier molecular flexibility index (Phi) is 7.34. The Hall–Kier alpha value is -2.05. The van der Waals surface area contributed by atoms with E-state index in [0.29, 0.717) is 35.8 Å². The number of hydrogen-bond donors (Lipinski definition) is 0. The molecule has 1 fully saturated rings. The van der Waals surface area contributed by atoms with E-state index in [0.717, 1.165) is 11.3 Å². The zero-order chi connectivity index (χ0) is 23.6. The number of benzene rings is 1. The molecule has 0 bridgehead atoms. The molecule has 1 aromatic carbocycles. The van der Waals surface area contributed by atoms with E-state index in [9.17, 15) is 8.78 Å². The first-order valence-corrected chi connectivity index (χ1v) is 11.8. The monoisotopic (exact) mass is 589 g/mol. The lowest BCUT2D eigenvalue weighted by Gasteiger charge is -2.28. The van der Waals surface area contributed by atoms with Crippen LogP contribution in [0.2, 0.25) is 5.02 Å². The van der Waals surface area contributed by atoms with Gasteiger partial charge in [-0.1, -0.05) is 47.2 Å². The number of rotatable bonds is 8. The minimum atomic E-state index is -0.579. The number of hydrogen-bond acceptors (Lipinski definition) is 6. The molecule has 0 aliphatic carbocycles. The lowest BCUT2D eigenvalue weighted by atomic mass is 9.90. The molecule has 7 nitrogen and oxygen atoms in total. The van der Waals surface area contributed by atoms with Crippen LogP contribution in [0, 0.1) is 11.7 Å². The van der Waals surface area contributed by atoms with Crippen molar-refractivity contribution in [3.8, 4) is 11.6 Å². The first-order chi connectivity index (χ1) is 15.9. The number of nitrogens with zero attached hydrogens (tertiary/aromatic N) is 5. The van der Waals surface area contributed by atoms with Crippen LogP contribution < -0.4 is 9.64 Å². The van der Waals surface area contributed by atoms with Gasteiger partial charge in [-0.25, -0.2) is 13.8 Å². The predicted molar refractivity (Wildman–Crippen MR) is 130 cm³/mol. The SMILES string of the molecule is COc1ccc(-n2c(COCCF)nnc2N2C[C@@H](C)[C@@](I)(c3ccc(F)cc3Cl)C2)cn1. The van der Waals surface area contributed by atoms with Gasteiger partial charge in [-0.15, -0.1) is 10.2 Å². The van der Waals surface area contributed by atoms with Crippen LogP contribution in [0.4, 0.5) is 14.7 Å². The molecule has 2 aromatic heterocycles. The molecule has 11 heteroatoms. The topological polar surface area (TPSA) is 65.3 Å². The third-order valence-corrected chi connectivity index (χ3v) is 8.01. The second kappa shape index (κ2) is 10.1. The average Bonchev–Trinajstić information content (AvgIpc) is 3.35. The van der Waals surface area contributed by atoms with Crippen molar-refractivity contribution >= 4 is 40.1 Å². The van der Waals surface area contributed by atoms with Crippen LogP contribution in [-0.2, 0) is 14.8 Å². The Morgan fingerprint density at radius 1 is 1.27 bits per heavy atom. The fourth-order valence-corrected chi connectivity index (χ4v) is 5.59. The first kappa shape index (κ1) is 24.1. The number of methoxy groups -OCH3 is 1. The maximum atomic E-state index is 13.7. The van der Waals surface area contributed by atoms with E-state index < -0.39 is 6.67 Å². The van der Waals surface area contributed by atoms with Gasteiger partial charge in [0.25, 0.3) is 0 Å². The Morgan fingerprint density at radius 3 is 2.76 bits per heavy atom. The van der Waals surface area contributed by atoms with E-state index in [1.807, 2.05) is 10.6 Å². The zero-order valence-electron chi connectivity index (χ0n) is 18.1. The predicted octanol–water partition coefficient (Wildman–Crippen LogP) is 4.74. The van der Waals surface area contributed by atoms with Crippen LogP contribution in [0.15, 0.2) is 36.5 Å². The van der Waals surface area contributed by atoms with Crippen LogP contribution in [0.25, 0.3) is 5.69 Å². The van der Waals surface area contributed by atoms with Gasteiger partial charge in [0.05, 0.1) is 29.0 Å². The second-order valence-corrected chi connectivity index (χ2v) is 10.2. The van der Waals surface area contributed by atoms with Gasteiger partial charge in [0.1, 0.15) is 19.1 Å². The molecule has 0 spiro atoms. The van der Waals surface area contributed by atoms with Crippen LogP contribution in [0.5, 0.6) is 5.88 Å². The average molecular weight is 590 g/mol. The van der Waals surface area contributed by atoms with Gasteiger partial charge in [-0.3, -0.25) is 4.57 Å². The van der Waals surface area contributed by atoms with Crippen LogP contribution in [0.3, 0.4) is 0 Å². The summed E-state index contributed by atoms with van der Waals surface area (Å²) in [4.78, 5) is 6.41. The lowest BCUT2D eigenvalue weighted by molar-refractivity contribution is 0.101. The van der Waals surface area contributed by atoms with E-state index >= 15 is 0 Å². The van der Waals surface area contributed by atoms with Gasteiger partial charge >= 0.3 is 0 Å². The zero-order valence-corrected chi connectivity index (χ0v) is 21.1. The summed E-state index contributed by atoms with van der Waals surface area (Å²) in [6.07, 6.45) is 1.66. The first-order valence-electron chi connectivity index (χ1n) is 10.3. The molecule has 1 aliphatic heterocycles. The molecule has 1 saturated heterocycles. The Labute approximate surface area is 209 Å². The van der Waals surface area contributed by atoms with Crippen molar-refractivity contribution in [3.63, 3.8) is 0 Å². The summed E-state index contributed by atoms with van der Waals surface area (Å²) < 4.78 is 38.3. The lowest BCUT2D eigenvalue weighted by Crippen LogP contribution is -2.29. The van der Waals surface area contributed by atoms with Crippen molar-refractivity contribution in [2.45, 2.75) is 17.0 Å². The number of alkyl halides is 2. The normalized spacial score (nSPS) is 20.4. The number of pyridine rings is 1. The molecule has 0 N–H and O–H groups in total. The minimum absolute atomic E-state index is 0.0241. The molecule has 0 unspecified atom stereocenters. The third-order valence-electron chi connectivity index (χ3n) is 5.71. The van der Waals surface area contributed by atoms with E-state index in [4.69, 9.17) is 21.1 Å². The van der Waals surface area contributed by atoms with Gasteiger partial charge in [-0.2, -0.15) is 0 Å². The molecule has 2 atom stereocenters. The van der Waals surface area contributed by atoms with Crippen LogP contribution >= 0.6 is 34.2 Å². The second-order valence-electron chi connectivity index (χ2n) is 7.82. The molecule has 3 heterocycles. The fourth-order valence-electron chi connectivity index (χ4n) is 4.02. The van der Waals surface area contributed by atoms with Crippen LogP contribution in [0.1, 0.15) is 18.3 Å². The molecule has 33 heavy (non-hydrogen) atoms.